The fourth-order valence-corrected chi connectivity index (χ4v) is 1.54. The van der Waals surface area contributed by atoms with E-state index in [4.69, 9.17) is 0 Å². The topological polar surface area (TPSA) is 58.6 Å². The molecule has 18 heavy (non-hydrogen) atoms. The number of aromatic amines is 1. The molecule has 0 saturated carbocycles. The molecule has 1 N–H and O–H groups in total. The van der Waals surface area contributed by atoms with Gasteiger partial charge in [0, 0.05) is 5.56 Å². The number of carbonyl (C=O) groups is 1. The minimum Gasteiger partial charge on any atom is -0.285 e. The second-order valence-corrected chi connectivity index (χ2v) is 3.69. The molecule has 4 nitrogen and oxygen atoms in total. The molecule has 0 spiro atoms. The quantitative estimate of drug-likeness (QED) is 0.838. The Labute approximate surface area is 99.9 Å². The normalized spacial score (nSPS) is 11.6. The van der Waals surface area contributed by atoms with Gasteiger partial charge >= 0.3 is 6.18 Å². The largest absolute Gasteiger partial charge is 0.416 e. The molecule has 94 valence electrons. The van der Waals surface area contributed by atoms with Crippen molar-refractivity contribution >= 4 is 5.78 Å². The van der Waals surface area contributed by atoms with Gasteiger partial charge in [-0.3, -0.25) is 9.89 Å². The number of ketones is 1. The molecule has 0 unspecified atom stereocenters. The lowest BCUT2D eigenvalue weighted by atomic mass is 10.0. The third-order valence-corrected chi connectivity index (χ3v) is 2.43. The van der Waals surface area contributed by atoms with Crippen LogP contribution in [0.5, 0.6) is 0 Å². The van der Waals surface area contributed by atoms with Gasteiger partial charge in [-0.25, -0.2) is 4.98 Å². The number of carbonyl (C=O) groups excluding carboxylic acids is 1. The molecule has 0 aliphatic heterocycles. The van der Waals surface area contributed by atoms with E-state index in [9.17, 15) is 18.0 Å². The zero-order valence-corrected chi connectivity index (χ0v) is 9.25. The van der Waals surface area contributed by atoms with Crippen LogP contribution in [0.3, 0.4) is 0 Å². The lowest BCUT2D eigenvalue weighted by molar-refractivity contribution is -0.137. The van der Waals surface area contributed by atoms with Crippen LogP contribution in [-0.2, 0) is 6.18 Å². The van der Waals surface area contributed by atoms with Crippen molar-refractivity contribution in [2.45, 2.75) is 13.1 Å². The minimum absolute atomic E-state index is 0.00198. The number of alkyl halides is 3. The molecule has 2 aromatic rings. The monoisotopic (exact) mass is 255 g/mol. The maximum absolute atomic E-state index is 12.5. The van der Waals surface area contributed by atoms with Crippen LogP contribution >= 0.6 is 0 Å². The highest BCUT2D eigenvalue weighted by atomic mass is 19.4. The van der Waals surface area contributed by atoms with Crippen molar-refractivity contribution in [2.75, 3.05) is 0 Å². The summed E-state index contributed by atoms with van der Waals surface area (Å²) in [5, 5.41) is 5.89. The van der Waals surface area contributed by atoms with Crippen molar-refractivity contribution in [3.8, 4) is 0 Å². The summed E-state index contributed by atoms with van der Waals surface area (Å²) in [6.45, 7) is 1.44. The van der Waals surface area contributed by atoms with Crippen LogP contribution in [0, 0.1) is 6.92 Å². The van der Waals surface area contributed by atoms with Crippen LogP contribution in [0.2, 0.25) is 0 Å². The molecule has 2 rings (SSSR count). The average Bonchev–Trinajstić information content (AvgIpc) is 2.80. The van der Waals surface area contributed by atoms with Gasteiger partial charge in [0.25, 0.3) is 0 Å². The standard InChI is InChI=1S/C11H8F3N3O/c1-6-4-7(11(12,13)14)2-3-8(6)9(18)10-15-5-16-17-10/h2-5H,1H3,(H,15,16,17). The number of benzene rings is 1. The van der Waals surface area contributed by atoms with E-state index in [0.717, 1.165) is 24.5 Å². The van der Waals surface area contributed by atoms with Gasteiger partial charge in [0.05, 0.1) is 5.56 Å². The van der Waals surface area contributed by atoms with Crippen molar-refractivity contribution in [2.24, 2.45) is 0 Å². The molecule has 1 heterocycles. The first-order chi connectivity index (χ1) is 8.39. The SMILES string of the molecule is Cc1cc(C(F)(F)F)ccc1C(=O)c1ncn[nH]1. The number of hydrogen-bond acceptors (Lipinski definition) is 3. The van der Waals surface area contributed by atoms with E-state index in [2.05, 4.69) is 15.2 Å². The molecule has 1 aromatic heterocycles. The highest BCUT2D eigenvalue weighted by molar-refractivity contribution is 6.07. The number of nitrogens with zero attached hydrogens (tertiary/aromatic N) is 2. The second-order valence-electron chi connectivity index (χ2n) is 3.69. The summed E-state index contributed by atoms with van der Waals surface area (Å²) < 4.78 is 37.4. The first kappa shape index (κ1) is 12.3. The average molecular weight is 255 g/mol. The third-order valence-electron chi connectivity index (χ3n) is 2.43. The van der Waals surface area contributed by atoms with Crippen molar-refractivity contribution in [1.82, 2.24) is 15.2 Å². The summed E-state index contributed by atoms with van der Waals surface area (Å²) in [6, 6.07) is 2.95. The Bertz CT molecular complexity index is 576. The molecule has 0 aliphatic carbocycles. The van der Waals surface area contributed by atoms with E-state index in [0.29, 0.717) is 0 Å². The lowest BCUT2D eigenvalue weighted by Gasteiger charge is -2.09. The third kappa shape index (κ3) is 2.24. The highest BCUT2D eigenvalue weighted by Gasteiger charge is 2.31. The Morgan fingerprint density at radius 3 is 2.56 bits per heavy atom. The molecular weight excluding hydrogens is 247 g/mol. The van der Waals surface area contributed by atoms with E-state index in [1.165, 1.54) is 6.92 Å². The summed E-state index contributed by atoms with van der Waals surface area (Å²) in [5.41, 5.74) is -0.375. The van der Waals surface area contributed by atoms with Gasteiger partial charge in [0.1, 0.15) is 6.33 Å². The first-order valence-corrected chi connectivity index (χ1v) is 4.97. The number of nitrogens with one attached hydrogen (secondary N) is 1. The number of halogens is 3. The maximum atomic E-state index is 12.5. The van der Waals surface area contributed by atoms with Crippen LogP contribution in [0.15, 0.2) is 24.5 Å². The van der Waals surface area contributed by atoms with Crippen LogP contribution in [0.1, 0.15) is 27.3 Å². The van der Waals surface area contributed by atoms with E-state index >= 15 is 0 Å². The summed E-state index contributed by atoms with van der Waals surface area (Å²) >= 11 is 0. The number of hydrogen-bond donors (Lipinski definition) is 1. The Morgan fingerprint density at radius 1 is 1.33 bits per heavy atom. The molecule has 1 aromatic carbocycles. The van der Waals surface area contributed by atoms with E-state index < -0.39 is 17.5 Å². The van der Waals surface area contributed by atoms with Gasteiger partial charge in [-0.2, -0.15) is 18.3 Å². The summed E-state index contributed by atoms with van der Waals surface area (Å²) in [4.78, 5) is 15.5. The maximum Gasteiger partial charge on any atom is 0.416 e. The van der Waals surface area contributed by atoms with Gasteiger partial charge in [0.15, 0.2) is 5.82 Å². The Morgan fingerprint density at radius 2 is 2.06 bits per heavy atom. The fourth-order valence-electron chi connectivity index (χ4n) is 1.54. The molecule has 0 fully saturated rings. The molecule has 7 heteroatoms. The summed E-state index contributed by atoms with van der Waals surface area (Å²) in [6.07, 6.45) is -3.26. The smallest absolute Gasteiger partial charge is 0.285 e. The van der Waals surface area contributed by atoms with Crippen LogP contribution in [0.4, 0.5) is 13.2 Å². The zero-order valence-electron chi connectivity index (χ0n) is 9.25. The molecule has 0 bridgehead atoms. The fraction of sp³-hybridized carbons (Fsp3) is 0.182. The first-order valence-electron chi connectivity index (χ1n) is 4.97. The molecule has 0 saturated heterocycles. The molecule has 0 amide bonds. The summed E-state index contributed by atoms with van der Waals surface area (Å²) in [5.74, 6) is -0.489. The number of aryl methyl sites for hydroxylation is 1. The predicted molar refractivity (Wildman–Crippen MR) is 56.0 cm³/mol. The van der Waals surface area contributed by atoms with Gasteiger partial charge in [-0.05, 0) is 24.6 Å². The number of rotatable bonds is 2. The van der Waals surface area contributed by atoms with E-state index in [-0.39, 0.29) is 17.0 Å². The minimum atomic E-state index is -4.42. The van der Waals surface area contributed by atoms with E-state index in [1.54, 1.807) is 0 Å². The Hall–Kier alpha value is -2.18. The second kappa shape index (κ2) is 4.25. The van der Waals surface area contributed by atoms with Crippen LogP contribution in [0.25, 0.3) is 0 Å². The Kier molecular flexibility index (Phi) is 2.90. The predicted octanol–water partition coefficient (Wildman–Crippen LogP) is 2.36. The van der Waals surface area contributed by atoms with Gasteiger partial charge in [-0.1, -0.05) is 6.07 Å². The van der Waals surface area contributed by atoms with Gasteiger partial charge < -0.3 is 0 Å². The number of H-pyrrole nitrogens is 1. The van der Waals surface area contributed by atoms with Gasteiger partial charge in [-0.15, -0.1) is 0 Å². The van der Waals surface area contributed by atoms with Gasteiger partial charge in [0.2, 0.25) is 5.78 Å². The highest BCUT2D eigenvalue weighted by Crippen LogP contribution is 2.30. The van der Waals surface area contributed by atoms with Crippen LogP contribution < -0.4 is 0 Å². The van der Waals surface area contributed by atoms with Crippen molar-refractivity contribution in [1.29, 1.82) is 0 Å². The van der Waals surface area contributed by atoms with Crippen molar-refractivity contribution in [3.63, 3.8) is 0 Å². The zero-order chi connectivity index (χ0) is 13.3. The van der Waals surface area contributed by atoms with Crippen molar-refractivity contribution in [3.05, 3.63) is 47.0 Å². The van der Waals surface area contributed by atoms with E-state index in [1.807, 2.05) is 0 Å². The van der Waals surface area contributed by atoms with Crippen molar-refractivity contribution < 1.29 is 18.0 Å². The Balaban J connectivity index is 2.40. The molecule has 0 radical (unpaired) electrons. The van der Waals surface area contributed by atoms with Crippen LogP contribution in [-0.4, -0.2) is 21.0 Å². The summed E-state index contributed by atoms with van der Waals surface area (Å²) in [7, 11) is 0. The number of aromatic nitrogens is 3. The molecule has 0 atom stereocenters. The lowest BCUT2D eigenvalue weighted by Crippen LogP contribution is -2.10. The molecular formula is C11H8F3N3O. The molecule has 0 aliphatic rings.